The van der Waals surface area contributed by atoms with Crippen LogP contribution in [0.2, 0.25) is 0 Å². The van der Waals surface area contributed by atoms with E-state index in [-0.39, 0.29) is 17.7 Å². The highest BCUT2D eigenvalue weighted by molar-refractivity contribution is 6.22. The summed E-state index contributed by atoms with van der Waals surface area (Å²) in [6, 6.07) is 9.68. The van der Waals surface area contributed by atoms with Crippen LogP contribution in [-0.4, -0.2) is 24.3 Å². The fourth-order valence-corrected chi connectivity index (χ4v) is 2.12. The lowest BCUT2D eigenvalue weighted by Gasteiger charge is -2.08. The van der Waals surface area contributed by atoms with Gasteiger partial charge in [0.2, 0.25) is 0 Å². The largest absolute Gasteiger partial charge is 0.484 e. The van der Waals surface area contributed by atoms with Crippen molar-refractivity contribution in [2.75, 3.05) is 11.9 Å². The van der Waals surface area contributed by atoms with Gasteiger partial charge in [-0.25, -0.2) is 4.39 Å². The zero-order valence-corrected chi connectivity index (χ0v) is 11.8. The van der Waals surface area contributed by atoms with Crippen LogP contribution in [-0.2, 0) is 4.79 Å². The highest BCUT2D eigenvalue weighted by Gasteiger charge is 2.26. The van der Waals surface area contributed by atoms with E-state index in [4.69, 9.17) is 4.74 Å². The Balaban J connectivity index is 1.62. The average molecular weight is 314 g/mol. The van der Waals surface area contributed by atoms with Crippen molar-refractivity contribution in [2.45, 2.75) is 0 Å². The molecule has 0 atom stereocenters. The van der Waals surface area contributed by atoms with Crippen molar-refractivity contribution in [1.29, 1.82) is 0 Å². The maximum Gasteiger partial charge on any atom is 0.262 e. The molecule has 3 amide bonds. The Labute approximate surface area is 130 Å². The van der Waals surface area contributed by atoms with Gasteiger partial charge in [-0.1, -0.05) is 0 Å². The van der Waals surface area contributed by atoms with E-state index in [9.17, 15) is 18.8 Å². The van der Waals surface area contributed by atoms with Crippen molar-refractivity contribution in [3.63, 3.8) is 0 Å². The van der Waals surface area contributed by atoms with E-state index >= 15 is 0 Å². The molecular formula is C16H11FN2O4. The molecule has 1 aliphatic heterocycles. The molecule has 0 saturated heterocycles. The van der Waals surface area contributed by atoms with E-state index in [2.05, 4.69) is 10.6 Å². The first-order chi connectivity index (χ1) is 11.0. The molecule has 2 N–H and O–H groups in total. The predicted molar refractivity (Wildman–Crippen MR) is 78.8 cm³/mol. The monoisotopic (exact) mass is 314 g/mol. The fraction of sp³-hybridized carbons (Fsp3) is 0.0625. The first kappa shape index (κ1) is 14.7. The van der Waals surface area contributed by atoms with Crippen molar-refractivity contribution >= 4 is 23.4 Å². The Hall–Kier alpha value is -3.22. The normalized spacial score (nSPS) is 12.6. The second-order valence-electron chi connectivity index (χ2n) is 4.83. The minimum absolute atomic E-state index is 0.215. The summed E-state index contributed by atoms with van der Waals surface area (Å²) in [4.78, 5) is 34.8. The number of rotatable bonds is 4. The lowest BCUT2D eigenvalue weighted by Crippen LogP contribution is -2.20. The van der Waals surface area contributed by atoms with Crippen LogP contribution >= 0.6 is 0 Å². The number of nitrogens with one attached hydrogen (secondary N) is 2. The van der Waals surface area contributed by atoms with Gasteiger partial charge >= 0.3 is 0 Å². The maximum absolute atomic E-state index is 12.7. The first-order valence-corrected chi connectivity index (χ1v) is 6.71. The molecule has 0 aliphatic carbocycles. The third-order valence-electron chi connectivity index (χ3n) is 3.20. The van der Waals surface area contributed by atoms with Gasteiger partial charge in [-0.05, 0) is 42.5 Å². The number of fused-ring (bicyclic) bond motifs is 1. The molecule has 0 fully saturated rings. The van der Waals surface area contributed by atoms with Crippen molar-refractivity contribution in [2.24, 2.45) is 0 Å². The third-order valence-corrected chi connectivity index (χ3v) is 3.20. The topological polar surface area (TPSA) is 84.5 Å². The van der Waals surface area contributed by atoms with Gasteiger partial charge in [-0.3, -0.25) is 19.7 Å². The summed E-state index contributed by atoms with van der Waals surface area (Å²) in [6.07, 6.45) is 0. The summed E-state index contributed by atoms with van der Waals surface area (Å²) in [5.74, 6) is -1.43. The molecule has 0 aromatic heterocycles. The minimum Gasteiger partial charge on any atom is -0.484 e. The van der Waals surface area contributed by atoms with Crippen molar-refractivity contribution in [3.05, 3.63) is 59.4 Å². The molecule has 0 unspecified atom stereocenters. The van der Waals surface area contributed by atoms with E-state index in [0.717, 1.165) is 0 Å². The summed E-state index contributed by atoms with van der Waals surface area (Å²) in [5.41, 5.74) is 0.865. The van der Waals surface area contributed by atoms with Crippen molar-refractivity contribution < 1.29 is 23.5 Å². The summed E-state index contributed by atoms with van der Waals surface area (Å²) in [6.45, 7) is -0.270. The van der Waals surface area contributed by atoms with Gasteiger partial charge in [-0.2, -0.15) is 0 Å². The minimum atomic E-state index is -0.497. The number of ether oxygens (including phenoxy) is 1. The number of imide groups is 1. The van der Waals surface area contributed by atoms with E-state index in [1.165, 1.54) is 42.5 Å². The second-order valence-corrected chi connectivity index (χ2v) is 4.83. The van der Waals surface area contributed by atoms with Crippen LogP contribution in [0.15, 0.2) is 42.5 Å². The van der Waals surface area contributed by atoms with Gasteiger partial charge in [-0.15, -0.1) is 0 Å². The number of carbonyl (C=O) groups is 3. The zero-order chi connectivity index (χ0) is 16.4. The van der Waals surface area contributed by atoms with E-state index in [0.29, 0.717) is 11.4 Å². The molecule has 2 aromatic rings. The fourth-order valence-electron chi connectivity index (χ4n) is 2.12. The molecule has 116 valence electrons. The van der Waals surface area contributed by atoms with Crippen LogP contribution in [0.3, 0.4) is 0 Å². The average Bonchev–Trinajstić information content (AvgIpc) is 2.81. The third kappa shape index (κ3) is 3.18. The number of halogens is 1. The van der Waals surface area contributed by atoms with Crippen LogP contribution in [0, 0.1) is 5.82 Å². The van der Waals surface area contributed by atoms with Crippen LogP contribution in [0.4, 0.5) is 10.1 Å². The molecule has 2 aromatic carbocycles. The maximum atomic E-state index is 12.7. The Kier molecular flexibility index (Phi) is 3.76. The van der Waals surface area contributed by atoms with Crippen molar-refractivity contribution in [3.8, 4) is 5.75 Å². The predicted octanol–water partition coefficient (Wildman–Crippen LogP) is 1.73. The summed E-state index contributed by atoms with van der Waals surface area (Å²) in [5, 5.41) is 4.73. The number of anilines is 1. The lowest BCUT2D eigenvalue weighted by atomic mass is 10.1. The van der Waals surface area contributed by atoms with E-state index in [1.54, 1.807) is 0 Å². The number of amides is 3. The molecule has 23 heavy (non-hydrogen) atoms. The Morgan fingerprint density at radius 3 is 2.48 bits per heavy atom. The van der Waals surface area contributed by atoms with Crippen LogP contribution in [0.25, 0.3) is 0 Å². The molecule has 1 heterocycles. The molecule has 0 bridgehead atoms. The lowest BCUT2D eigenvalue weighted by molar-refractivity contribution is -0.118. The van der Waals surface area contributed by atoms with E-state index < -0.39 is 23.5 Å². The summed E-state index contributed by atoms with van der Waals surface area (Å²) >= 11 is 0. The van der Waals surface area contributed by atoms with Gasteiger partial charge in [0.1, 0.15) is 11.6 Å². The Bertz CT molecular complexity index is 802. The molecular weight excluding hydrogens is 303 g/mol. The molecule has 0 saturated carbocycles. The zero-order valence-electron chi connectivity index (χ0n) is 11.8. The number of hydrogen-bond donors (Lipinski definition) is 2. The standard InChI is InChI=1S/C16H11FN2O4/c17-9-1-4-11(5-2-9)23-8-14(20)18-10-3-6-12-13(7-10)16(22)19-15(12)21/h1-7H,8H2,(H,18,20)(H,19,21,22). The Morgan fingerprint density at radius 1 is 1.04 bits per heavy atom. The quantitative estimate of drug-likeness (QED) is 0.842. The van der Waals surface area contributed by atoms with Crippen LogP contribution in [0.5, 0.6) is 5.75 Å². The number of hydrogen-bond acceptors (Lipinski definition) is 4. The molecule has 0 spiro atoms. The van der Waals surface area contributed by atoms with Gasteiger partial charge in [0.25, 0.3) is 17.7 Å². The smallest absolute Gasteiger partial charge is 0.262 e. The number of benzene rings is 2. The molecule has 6 nitrogen and oxygen atoms in total. The molecule has 0 radical (unpaired) electrons. The SMILES string of the molecule is O=C(COc1ccc(F)cc1)Nc1ccc2c(c1)C(=O)NC2=O. The van der Waals surface area contributed by atoms with Crippen molar-refractivity contribution in [1.82, 2.24) is 5.32 Å². The summed E-state index contributed by atoms with van der Waals surface area (Å²) in [7, 11) is 0. The molecule has 7 heteroatoms. The van der Waals surface area contributed by atoms with Gasteiger partial charge in [0.15, 0.2) is 6.61 Å². The van der Waals surface area contributed by atoms with Gasteiger partial charge in [0.05, 0.1) is 11.1 Å². The van der Waals surface area contributed by atoms with Gasteiger partial charge < -0.3 is 10.1 Å². The van der Waals surface area contributed by atoms with E-state index in [1.807, 2.05) is 0 Å². The first-order valence-electron chi connectivity index (χ1n) is 6.71. The molecule has 1 aliphatic rings. The highest BCUT2D eigenvalue weighted by Crippen LogP contribution is 2.20. The van der Waals surface area contributed by atoms with Crippen LogP contribution < -0.4 is 15.4 Å². The summed E-state index contributed by atoms with van der Waals surface area (Å²) < 4.78 is 18.0. The van der Waals surface area contributed by atoms with Crippen LogP contribution in [0.1, 0.15) is 20.7 Å². The molecule has 3 rings (SSSR count). The van der Waals surface area contributed by atoms with Gasteiger partial charge in [0, 0.05) is 5.69 Å². The highest BCUT2D eigenvalue weighted by atomic mass is 19.1. The Morgan fingerprint density at radius 2 is 1.74 bits per heavy atom. The number of carbonyl (C=O) groups excluding carboxylic acids is 3. The second kappa shape index (κ2) is 5.88.